The van der Waals surface area contributed by atoms with Crippen molar-refractivity contribution in [2.45, 2.75) is 26.7 Å². The van der Waals surface area contributed by atoms with E-state index < -0.39 is 11.6 Å². The normalized spacial score (nSPS) is 11.1. The molecule has 3 rings (SSSR count). The molecule has 0 amide bonds. The molecule has 0 aliphatic heterocycles. The van der Waals surface area contributed by atoms with Crippen LogP contribution in [0.25, 0.3) is 11.1 Å². The topological polar surface area (TPSA) is 0 Å². The molecule has 3 aromatic carbocycles. The lowest BCUT2D eigenvalue weighted by molar-refractivity contribution is 0.575. The SMILES string of the molecule is C/C=C/Cc1ccc(-c2ccc(C#Cc3c(F)cc(C/C=C/C)cc3F)cc2)cc1. The summed E-state index contributed by atoms with van der Waals surface area (Å²) in [6.45, 7) is 3.89. The van der Waals surface area contributed by atoms with Crippen molar-refractivity contribution in [1.29, 1.82) is 0 Å². The summed E-state index contributed by atoms with van der Waals surface area (Å²) in [5.74, 6) is 4.25. The van der Waals surface area contributed by atoms with Crippen molar-refractivity contribution in [3.05, 3.63) is 119 Å². The molecule has 0 aromatic heterocycles. The van der Waals surface area contributed by atoms with E-state index in [0.29, 0.717) is 17.5 Å². The van der Waals surface area contributed by atoms with Crippen LogP contribution in [0.5, 0.6) is 0 Å². The van der Waals surface area contributed by atoms with E-state index in [9.17, 15) is 8.78 Å². The zero-order valence-electron chi connectivity index (χ0n) is 17.3. The van der Waals surface area contributed by atoms with Crippen LogP contribution in [0.4, 0.5) is 8.78 Å². The molecule has 0 atom stereocenters. The molecular weight excluding hydrogens is 374 g/mol. The van der Waals surface area contributed by atoms with Crippen molar-refractivity contribution >= 4 is 0 Å². The van der Waals surface area contributed by atoms with Crippen molar-refractivity contribution in [3.8, 4) is 23.0 Å². The van der Waals surface area contributed by atoms with Crippen LogP contribution in [0.2, 0.25) is 0 Å². The van der Waals surface area contributed by atoms with Crippen LogP contribution in [0.1, 0.15) is 36.1 Å². The lowest BCUT2D eigenvalue weighted by atomic mass is 10.0. The minimum atomic E-state index is -0.628. The van der Waals surface area contributed by atoms with Crippen LogP contribution >= 0.6 is 0 Å². The van der Waals surface area contributed by atoms with E-state index in [-0.39, 0.29) is 5.56 Å². The zero-order chi connectivity index (χ0) is 21.3. The molecule has 0 aliphatic carbocycles. The van der Waals surface area contributed by atoms with E-state index >= 15 is 0 Å². The fraction of sp³-hybridized carbons (Fsp3) is 0.143. The average Bonchev–Trinajstić information content (AvgIpc) is 2.76. The fourth-order valence-electron chi connectivity index (χ4n) is 3.08. The number of rotatable bonds is 5. The monoisotopic (exact) mass is 398 g/mol. The van der Waals surface area contributed by atoms with Crippen LogP contribution in [-0.2, 0) is 12.8 Å². The summed E-state index contributed by atoms with van der Waals surface area (Å²) in [6.07, 6.45) is 9.31. The summed E-state index contributed by atoms with van der Waals surface area (Å²) < 4.78 is 28.5. The highest BCUT2D eigenvalue weighted by atomic mass is 19.1. The van der Waals surface area contributed by atoms with Crippen molar-refractivity contribution in [2.24, 2.45) is 0 Å². The Morgan fingerprint density at radius 3 is 1.70 bits per heavy atom. The maximum Gasteiger partial charge on any atom is 0.142 e. The first kappa shape index (κ1) is 21.3. The van der Waals surface area contributed by atoms with E-state index in [1.165, 1.54) is 17.7 Å². The number of halogens is 2. The maximum atomic E-state index is 14.3. The smallest absolute Gasteiger partial charge is 0.142 e. The van der Waals surface area contributed by atoms with Gasteiger partial charge in [0.1, 0.15) is 11.6 Å². The first-order valence-electron chi connectivity index (χ1n) is 10.0. The number of hydrogen-bond acceptors (Lipinski definition) is 0. The quantitative estimate of drug-likeness (QED) is 0.313. The predicted octanol–water partition coefficient (Wildman–Crippen LogP) is 7.27. The van der Waals surface area contributed by atoms with Crippen molar-refractivity contribution in [3.63, 3.8) is 0 Å². The van der Waals surface area contributed by atoms with Gasteiger partial charge in [0.25, 0.3) is 0 Å². The molecular formula is C28H24F2. The van der Waals surface area contributed by atoms with Gasteiger partial charge in [0.2, 0.25) is 0 Å². The van der Waals surface area contributed by atoms with Crippen LogP contribution in [0, 0.1) is 23.5 Å². The summed E-state index contributed by atoms with van der Waals surface area (Å²) >= 11 is 0. The molecule has 0 unspecified atom stereocenters. The first-order chi connectivity index (χ1) is 14.6. The third kappa shape index (κ3) is 5.55. The van der Waals surface area contributed by atoms with E-state index in [2.05, 4.69) is 42.2 Å². The van der Waals surface area contributed by atoms with Gasteiger partial charge in [-0.25, -0.2) is 8.78 Å². The van der Waals surface area contributed by atoms with Gasteiger partial charge in [-0.3, -0.25) is 0 Å². The molecule has 0 heterocycles. The highest BCUT2D eigenvalue weighted by Crippen LogP contribution is 2.21. The zero-order valence-corrected chi connectivity index (χ0v) is 17.3. The Kier molecular flexibility index (Phi) is 7.35. The molecule has 0 aliphatic rings. The second kappa shape index (κ2) is 10.4. The summed E-state index contributed by atoms with van der Waals surface area (Å²) in [5.41, 5.74) is 4.56. The maximum absolute atomic E-state index is 14.3. The van der Waals surface area contributed by atoms with Crippen LogP contribution < -0.4 is 0 Å². The van der Waals surface area contributed by atoms with Gasteiger partial charge in [0.15, 0.2) is 0 Å². The lowest BCUT2D eigenvalue weighted by Crippen LogP contribution is -1.94. The van der Waals surface area contributed by atoms with E-state index in [4.69, 9.17) is 0 Å². The molecule has 2 heteroatoms. The van der Waals surface area contributed by atoms with Gasteiger partial charge < -0.3 is 0 Å². The number of hydrogen-bond donors (Lipinski definition) is 0. The van der Waals surface area contributed by atoms with Gasteiger partial charge in [0.05, 0.1) is 5.56 Å². The molecule has 30 heavy (non-hydrogen) atoms. The minimum absolute atomic E-state index is 0.194. The average molecular weight is 398 g/mol. The molecule has 0 N–H and O–H groups in total. The molecule has 0 radical (unpaired) electrons. The minimum Gasteiger partial charge on any atom is -0.206 e. The molecule has 0 nitrogen and oxygen atoms in total. The van der Waals surface area contributed by atoms with Gasteiger partial charge in [-0.1, -0.05) is 72.5 Å². The van der Waals surface area contributed by atoms with Gasteiger partial charge in [-0.15, -0.1) is 0 Å². The standard InChI is InChI=1S/C28H24F2/c1-3-5-7-21-9-14-24(15-10-21)25-16-11-22(12-17-25)13-18-26-27(29)19-23(8-6-4-2)20-28(26)30/h3-6,9-12,14-17,19-20H,7-8H2,1-2H3/b5-3+,6-4+. The third-order valence-electron chi connectivity index (χ3n) is 4.78. The molecule has 0 saturated heterocycles. The second-order valence-electron chi connectivity index (χ2n) is 7.01. The van der Waals surface area contributed by atoms with Gasteiger partial charge in [0, 0.05) is 5.56 Å². The van der Waals surface area contributed by atoms with Crippen molar-refractivity contribution < 1.29 is 8.78 Å². The van der Waals surface area contributed by atoms with E-state index in [0.717, 1.165) is 17.5 Å². The van der Waals surface area contributed by atoms with Crippen molar-refractivity contribution in [2.75, 3.05) is 0 Å². The Morgan fingerprint density at radius 2 is 1.17 bits per heavy atom. The second-order valence-corrected chi connectivity index (χ2v) is 7.01. The van der Waals surface area contributed by atoms with Gasteiger partial charge in [-0.2, -0.15) is 0 Å². The molecule has 3 aromatic rings. The number of benzene rings is 3. The number of allylic oxidation sites excluding steroid dienone is 4. The van der Waals surface area contributed by atoms with Crippen molar-refractivity contribution in [1.82, 2.24) is 0 Å². The lowest BCUT2D eigenvalue weighted by Gasteiger charge is -2.04. The van der Waals surface area contributed by atoms with Crippen LogP contribution in [-0.4, -0.2) is 0 Å². The highest BCUT2D eigenvalue weighted by Gasteiger charge is 2.08. The van der Waals surface area contributed by atoms with Gasteiger partial charge in [-0.05, 0) is 73.2 Å². The Balaban J connectivity index is 1.76. The largest absolute Gasteiger partial charge is 0.206 e. The Hall–Kier alpha value is -3.44. The molecule has 0 fully saturated rings. The summed E-state index contributed by atoms with van der Waals surface area (Å²) in [5, 5.41) is 0. The summed E-state index contributed by atoms with van der Waals surface area (Å²) in [7, 11) is 0. The van der Waals surface area contributed by atoms with E-state index in [1.54, 1.807) is 0 Å². The first-order valence-corrected chi connectivity index (χ1v) is 10.0. The Labute approximate surface area is 177 Å². The summed E-state index contributed by atoms with van der Waals surface area (Å²) in [4.78, 5) is 0. The fourth-order valence-corrected chi connectivity index (χ4v) is 3.08. The third-order valence-corrected chi connectivity index (χ3v) is 4.78. The molecule has 0 bridgehead atoms. The van der Waals surface area contributed by atoms with Crippen LogP contribution in [0.15, 0.2) is 85.0 Å². The molecule has 0 saturated carbocycles. The molecule has 150 valence electrons. The van der Waals surface area contributed by atoms with Crippen LogP contribution in [0.3, 0.4) is 0 Å². The Bertz CT molecular complexity index is 1080. The predicted molar refractivity (Wildman–Crippen MR) is 121 cm³/mol. The summed E-state index contributed by atoms with van der Waals surface area (Å²) in [6, 6.07) is 18.8. The molecule has 0 spiro atoms. The highest BCUT2D eigenvalue weighted by molar-refractivity contribution is 5.65. The Morgan fingerprint density at radius 1 is 0.667 bits per heavy atom. The van der Waals surface area contributed by atoms with Gasteiger partial charge >= 0.3 is 0 Å². The van der Waals surface area contributed by atoms with E-state index in [1.807, 2.05) is 56.3 Å².